The lowest BCUT2D eigenvalue weighted by Gasteiger charge is -2.09. The van der Waals surface area contributed by atoms with Crippen molar-refractivity contribution in [1.82, 2.24) is 0 Å². The summed E-state index contributed by atoms with van der Waals surface area (Å²) in [5.41, 5.74) is 2.65. The number of ether oxygens (including phenoxy) is 1. The Morgan fingerprint density at radius 1 is 1.00 bits per heavy atom. The number of carbonyl (C=O) groups excluding carboxylic acids is 1. The van der Waals surface area contributed by atoms with Gasteiger partial charge in [-0.3, -0.25) is 0 Å². The summed E-state index contributed by atoms with van der Waals surface area (Å²) in [5, 5.41) is 8.57. The molecule has 4 heteroatoms. The Labute approximate surface area is 110 Å². The minimum absolute atomic E-state index is 0.235. The van der Waals surface area contributed by atoms with Gasteiger partial charge in [0.2, 0.25) is 0 Å². The van der Waals surface area contributed by atoms with Gasteiger partial charge in [-0.15, -0.1) is 0 Å². The molecule has 2 aromatic rings. The van der Waals surface area contributed by atoms with Crippen molar-refractivity contribution < 1.29 is 19.4 Å². The molecule has 0 aromatic heterocycles. The third-order valence-electron chi connectivity index (χ3n) is 2.63. The van der Waals surface area contributed by atoms with Crippen LogP contribution in [0.25, 0.3) is 11.1 Å². The van der Waals surface area contributed by atoms with Gasteiger partial charge in [0.05, 0.1) is 0 Å². The molecule has 0 amide bonds. The van der Waals surface area contributed by atoms with Crippen LogP contribution in [0.15, 0.2) is 48.5 Å². The molecule has 96 valence electrons. The van der Waals surface area contributed by atoms with Crippen LogP contribution in [0.1, 0.15) is 5.56 Å². The van der Waals surface area contributed by atoms with E-state index in [1.807, 2.05) is 31.2 Å². The molecule has 0 radical (unpaired) electrons. The van der Waals surface area contributed by atoms with E-state index >= 15 is 0 Å². The van der Waals surface area contributed by atoms with E-state index in [1.54, 1.807) is 24.3 Å². The standard InChI is InChI=1S/C15H12O4/c1-10-6-8-11(9-7-10)12-4-2-3-5-13(12)19-15(18)14(16)17/h2-9H,1H3,(H,16,17). The summed E-state index contributed by atoms with van der Waals surface area (Å²) in [7, 11) is 0. The molecule has 19 heavy (non-hydrogen) atoms. The van der Waals surface area contributed by atoms with Gasteiger partial charge < -0.3 is 9.84 Å². The Bertz CT molecular complexity index is 614. The number of para-hydroxylation sites is 1. The monoisotopic (exact) mass is 256 g/mol. The van der Waals surface area contributed by atoms with Gasteiger partial charge in [0.1, 0.15) is 5.75 Å². The fourth-order valence-corrected chi connectivity index (χ4v) is 1.67. The van der Waals surface area contributed by atoms with E-state index in [4.69, 9.17) is 9.84 Å². The molecular weight excluding hydrogens is 244 g/mol. The summed E-state index contributed by atoms with van der Waals surface area (Å²) in [4.78, 5) is 21.6. The Morgan fingerprint density at radius 2 is 1.63 bits per heavy atom. The molecule has 2 rings (SSSR count). The second-order valence-electron chi connectivity index (χ2n) is 4.06. The minimum atomic E-state index is -1.61. The van der Waals surface area contributed by atoms with Crippen LogP contribution in [0, 0.1) is 6.92 Å². The molecule has 0 unspecified atom stereocenters. The highest BCUT2D eigenvalue weighted by molar-refractivity contribution is 6.29. The highest BCUT2D eigenvalue weighted by Crippen LogP contribution is 2.29. The smallest absolute Gasteiger partial charge is 0.422 e. The Balaban J connectivity index is 2.38. The van der Waals surface area contributed by atoms with Crippen LogP contribution >= 0.6 is 0 Å². The second kappa shape index (κ2) is 5.35. The van der Waals surface area contributed by atoms with E-state index in [1.165, 1.54) is 0 Å². The predicted molar refractivity (Wildman–Crippen MR) is 69.9 cm³/mol. The molecular formula is C15H12O4. The highest BCUT2D eigenvalue weighted by Gasteiger charge is 2.16. The summed E-state index contributed by atoms with van der Waals surface area (Å²) < 4.78 is 4.85. The van der Waals surface area contributed by atoms with Crippen molar-refractivity contribution >= 4 is 11.9 Å². The molecule has 0 saturated carbocycles. The third-order valence-corrected chi connectivity index (χ3v) is 2.63. The lowest BCUT2D eigenvalue weighted by Crippen LogP contribution is -2.19. The molecule has 0 bridgehead atoms. The number of hydrogen-bond acceptors (Lipinski definition) is 3. The molecule has 2 aromatic carbocycles. The topological polar surface area (TPSA) is 63.6 Å². The average molecular weight is 256 g/mol. The SMILES string of the molecule is Cc1ccc(-c2ccccc2OC(=O)C(=O)O)cc1. The molecule has 0 atom stereocenters. The summed E-state index contributed by atoms with van der Waals surface area (Å²) >= 11 is 0. The first-order valence-electron chi connectivity index (χ1n) is 5.69. The highest BCUT2D eigenvalue weighted by atomic mass is 16.6. The molecule has 0 fully saturated rings. The molecule has 0 aliphatic rings. The Hall–Kier alpha value is -2.62. The predicted octanol–water partition coefficient (Wildman–Crippen LogP) is 2.65. The molecule has 1 N–H and O–H groups in total. The van der Waals surface area contributed by atoms with Crippen LogP contribution in [-0.4, -0.2) is 17.0 Å². The van der Waals surface area contributed by atoms with Crippen molar-refractivity contribution in [2.45, 2.75) is 6.92 Å². The third kappa shape index (κ3) is 2.98. The zero-order valence-corrected chi connectivity index (χ0v) is 10.3. The van der Waals surface area contributed by atoms with Gasteiger partial charge in [0, 0.05) is 5.56 Å². The van der Waals surface area contributed by atoms with Crippen molar-refractivity contribution in [3.63, 3.8) is 0 Å². The quantitative estimate of drug-likeness (QED) is 0.509. The molecule has 0 aliphatic carbocycles. The number of carboxylic acid groups (broad SMARTS) is 1. The van der Waals surface area contributed by atoms with Crippen LogP contribution in [-0.2, 0) is 9.59 Å². The largest absolute Gasteiger partial charge is 0.473 e. The summed E-state index contributed by atoms with van der Waals surface area (Å²) in [5.74, 6) is -2.67. The van der Waals surface area contributed by atoms with Gasteiger partial charge in [0.15, 0.2) is 0 Å². The lowest BCUT2D eigenvalue weighted by molar-refractivity contribution is -0.158. The Morgan fingerprint density at radius 3 is 2.26 bits per heavy atom. The molecule has 0 heterocycles. The summed E-state index contributed by atoms with van der Waals surface area (Å²) in [6, 6.07) is 14.5. The van der Waals surface area contributed by atoms with E-state index < -0.39 is 11.9 Å². The van der Waals surface area contributed by atoms with Crippen molar-refractivity contribution in [3.05, 3.63) is 54.1 Å². The van der Waals surface area contributed by atoms with E-state index in [0.717, 1.165) is 11.1 Å². The second-order valence-corrected chi connectivity index (χ2v) is 4.06. The van der Waals surface area contributed by atoms with Crippen LogP contribution in [0.5, 0.6) is 5.75 Å². The number of benzene rings is 2. The van der Waals surface area contributed by atoms with E-state index in [0.29, 0.717) is 5.56 Å². The van der Waals surface area contributed by atoms with E-state index in [2.05, 4.69) is 0 Å². The zero-order valence-electron chi connectivity index (χ0n) is 10.3. The van der Waals surface area contributed by atoms with Crippen LogP contribution in [0.4, 0.5) is 0 Å². The fourth-order valence-electron chi connectivity index (χ4n) is 1.67. The fraction of sp³-hybridized carbons (Fsp3) is 0.0667. The lowest BCUT2D eigenvalue weighted by atomic mass is 10.0. The molecule has 0 spiro atoms. The zero-order chi connectivity index (χ0) is 13.8. The first kappa shape index (κ1) is 12.8. The first-order chi connectivity index (χ1) is 9.08. The Kier molecular flexibility index (Phi) is 3.61. The number of rotatable bonds is 2. The normalized spacial score (nSPS) is 9.95. The van der Waals surface area contributed by atoms with Gasteiger partial charge in [-0.25, -0.2) is 9.59 Å². The maximum Gasteiger partial charge on any atom is 0.422 e. The summed E-state index contributed by atoms with van der Waals surface area (Å²) in [6.45, 7) is 1.97. The average Bonchev–Trinajstić information content (AvgIpc) is 2.40. The number of esters is 1. The van der Waals surface area contributed by atoms with Crippen LogP contribution in [0.2, 0.25) is 0 Å². The van der Waals surface area contributed by atoms with Gasteiger partial charge >= 0.3 is 11.9 Å². The maximum atomic E-state index is 11.1. The maximum absolute atomic E-state index is 11.1. The first-order valence-corrected chi connectivity index (χ1v) is 5.69. The van der Waals surface area contributed by atoms with Crippen molar-refractivity contribution in [3.8, 4) is 16.9 Å². The van der Waals surface area contributed by atoms with Gasteiger partial charge in [0.25, 0.3) is 0 Å². The molecule has 4 nitrogen and oxygen atoms in total. The van der Waals surface area contributed by atoms with Crippen molar-refractivity contribution in [1.29, 1.82) is 0 Å². The van der Waals surface area contributed by atoms with Crippen molar-refractivity contribution in [2.75, 3.05) is 0 Å². The van der Waals surface area contributed by atoms with E-state index in [9.17, 15) is 9.59 Å². The molecule has 0 aliphatic heterocycles. The minimum Gasteiger partial charge on any atom is -0.473 e. The number of carbonyl (C=O) groups is 2. The number of hydrogen-bond donors (Lipinski definition) is 1. The van der Waals surface area contributed by atoms with Crippen LogP contribution < -0.4 is 4.74 Å². The van der Waals surface area contributed by atoms with Crippen molar-refractivity contribution in [2.24, 2.45) is 0 Å². The van der Waals surface area contributed by atoms with Gasteiger partial charge in [-0.1, -0.05) is 48.0 Å². The number of aryl methyl sites for hydroxylation is 1. The van der Waals surface area contributed by atoms with Crippen LogP contribution in [0.3, 0.4) is 0 Å². The van der Waals surface area contributed by atoms with Gasteiger partial charge in [-0.2, -0.15) is 0 Å². The van der Waals surface area contributed by atoms with Gasteiger partial charge in [-0.05, 0) is 18.6 Å². The number of aliphatic carboxylic acids is 1. The summed E-state index contributed by atoms with van der Waals surface area (Å²) in [6.07, 6.45) is 0. The van der Waals surface area contributed by atoms with E-state index in [-0.39, 0.29) is 5.75 Å². The molecule has 0 saturated heterocycles. The number of carboxylic acids is 1.